The van der Waals surface area contributed by atoms with E-state index in [1.807, 2.05) is 24.8 Å². The number of nitrogens with zero attached hydrogens (tertiary/aromatic N) is 4. The van der Waals surface area contributed by atoms with Gasteiger partial charge in [0.25, 0.3) is 0 Å². The van der Waals surface area contributed by atoms with Crippen molar-refractivity contribution in [3.63, 3.8) is 0 Å². The topological polar surface area (TPSA) is 60.8 Å². The highest BCUT2D eigenvalue weighted by Crippen LogP contribution is 2.36. The van der Waals surface area contributed by atoms with Gasteiger partial charge in [0.2, 0.25) is 0 Å². The SMILES string of the molecule is CCCCCCCCc1ccc(C(OC(c2ccc(CCCCCCCC)cc2)c2cnc(-c3ccc(CCCCCCC)cc3)cn2)c2cnc(-c3ccc(CCCCCCC)cc3)cn2)cc1. The van der Waals surface area contributed by atoms with Crippen molar-refractivity contribution >= 4 is 0 Å². The van der Waals surface area contributed by atoms with Crippen LogP contribution in [-0.4, -0.2) is 19.9 Å². The molecule has 0 bridgehead atoms. The molecule has 0 radical (unpaired) electrons. The molecule has 5 nitrogen and oxygen atoms in total. The highest BCUT2D eigenvalue weighted by atomic mass is 16.5. The maximum absolute atomic E-state index is 7.39. The summed E-state index contributed by atoms with van der Waals surface area (Å²) < 4.78 is 7.39. The molecule has 2 atom stereocenters. The molecule has 2 heterocycles. The van der Waals surface area contributed by atoms with Crippen LogP contribution < -0.4 is 0 Å². The lowest BCUT2D eigenvalue weighted by Gasteiger charge is -2.25. The molecule has 368 valence electrons. The first kappa shape index (κ1) is 53.4. The molecule has 0 aliphatic rings. The maximum Gasteiger partial charge on any atom is 0.127 e. The second kappa shape index (κ2) is 31.3. The zero-order valence-electron chi connectivity index (χ0n) is 43.3. The first-order chi connectivity index (χ1) is 34.1. The number of hydrogen-bond donors (Lipinski definition) is 0. The van der Waals surface area contributed by atoms with E-state index in [1.165, 1.54) is 164 Å². The van der Waals surface area contributed by atoms with Gasteiger partial charge in [0.1, 0.15) is 12.2 Å². The molecular formula is C64H86N4O. The van der Waals surface area contributed by atoms with Crippen LogP contribution in [0.4, 0.5) is 0 Å². The van der Waals surface area contributed by atoms with Crippen LogP contribution in [-0.2, 0) is 30.4 Å². The Labute approximate surface area is 418 Å². The highest BCUT2D eigenvalue weighted by Gasteiger charge is 2.26. The summed E-state index contributed by atoms with van der Waals surface area (Å²) >= 11 is 0. The number of unbranched alkanes of at least 4 members (excludes halogenated alkanes) is 18. The smallest absolute Gasteiger partial charge is 0.127 e. The molecule has 0 saturated heterocycles. The highest BCUT2D eigenvalue weighted by molar-refractivity contribution is 5.59. The summed E-state index contributed by atoms with van der Waals surface area (Å²) in [7, 11) is 0. The number of benzene rings is 4. The van der Waals surface area contributed by atoms with Gasteiger partial charge in [-0.25, -0.2) is 0 Å². The van der Waals surface area contributed by atoms with Gasteiger partial charge in [-0.15, -0.1) is 0 Å². The van der Waals surface area contributed by atoms with Crippen molar-refractivity contribution in [3.8, 4) is 22.5 Å². The van der Waals surface area contributed by atoms with Crippen molar-refractivity contribution in [3.05, 3.63) is 167 Å². The molecule has 0 saturated carbocycles. The van der Waals surface area contributed by atoms with Crippen molar-refractivity contribution in [2.75, 3.05) is 0 Å². The summed E-state index contributed by atoms with van der Waals surface area (Å²) in [5.41, 5.74) is 13.0. The lowest BCUT2D eigenvalue weighted by atomic mass is 9.99. The van der Waals surface area contributed by atoms with Crippen molar-refractivity contribution in [1.82, 2.24) is 19.9 Å². The summed E-state index contributed by atoms with van der Waals surface area (Å²) in [6.45, 7) is 9.11. The van der Waals surface area contributed by atoms with Crippen LogP contribution in [0.15, 0.2) is 122 Å². The Morgan fingerprint density at radius 2 is 0.580 bits per heavy atom. The van der Waals surface area contributed by atoms with Gasteiger partial charge in [-0.1, -0.05) is 240 Å². The minimum Gasteiger partial charge on any atom is -0.353 e. The molecule has 0 aliphatic carbocycles. The number of hydrogen-bond acceptors (Lipinski definition) is 5. The van der Waals surface area contributed by atoms with Gasteiger partial charge in [-0.3, -0.25) is 19.9 Å². The van der Waals surface area contributed by atoms with Gasteiger partial charge < -0.3 is 4.74 Å². The Hall–Kier alpha value is -5.00. The normalized spacial score (nSPS) is 12.3. The fourth-order valence-electron chi connectivity index (χ4n) is 9.51. The van der Waals surface area contributed by atoms with E-state index >= 15 is 0 Å². The van der Waals surface area contributed by atoms with Crippen molar-refractivity contribution in [2.45, 2.75) is 207 Å². The van der Waals surface area contributed by atoms with Crippen molar-refractivity contribution < 1.29 is 4.74 Å². The number of rotatable bonds is 34. The monoisotopic (exact) mass is 927 g/mol. The zero-order valence-corrected chi connectivity index (χ0v) is 43.3. The summed E-state index contributed by atoms with van der Waals surface area (Å²) in [5.74, 6) is 0. The van der Waals surface area contributed by atoms with Crippen LogP contribution in [0.25, 0.3) is 22.5 Å². The van der Waals surface area contributed by atoms with Crippen LogP contribution in [0.5, 0.6) is 0 Å². The Kier molecular flexibility index (Phi) is 24.2. The van der Waals surface area contributed by atoms with Gasteiger partial charge in [0, 0.05) is 11.1 Å². The van der Waals surface area contributed by atoms with Crippen LogP contribution >= 0.6 is 0 Å². The first-order valence-electron chi connectivity index (χ1n) is 27.7. The molecule has 0 amide bonds. The van der Waals surface area contributed by atoms with E-state index in [4.69, 9.17) is 24.7 Å². The molecule has 4 aromatic carbocycles. The Bertz CT molecular complexity index is 2070. The average molecular weight is 927 g/mol. The molecule has 5 heteroatoms. The van der Waals surface area contributed by atoms with E-state index in [0.717, 1.165) is 70.7 Å². The molecule has 0 N–H and O–H groups in total. The van der Waals surface area contributed by atoms with Crippen molar-refractivity contribution in [1.29, 1.82) is 0 Å². The summed E-state index contributed by atoms with van der Waals surface area (Å²) in [4.78, 5) is 20.3. The number of aromatic nitrogens is 4. The Morgan fingerprint density at radius 3 is 0.855 bits per heavy atom. The first-order valence-corrected chi connectivity index (χ1v) is 27.7. The lowest BCUT2D eigenvalue weighted by molar-refractivity contribution is 0.0258. The standard InChI is InChI=1S/C64H86N4O/c1-5-9-13-17-21-25-29-53-35-43-57(44-36-53)63(61-49-65-59(47-67-61)55-39-31-51(32-40-55)27-23-19-15-11-7-3)69-64(58-45-37-54(38-46-58)30-26-22-18-14-10-6-2)62-50-66-60(48-68-62)56-41-33-52(34-42-56)28-24-20-16-12-8-4/h31-50,63-64H,5-30H2,1-4H3. The van der Waals surface area contributed by atoms with Gasteiger partial charge in [-0.05, 0) is 84.7 Å². The zero-order chi connectivity index (χ0) is 48.1. The summed E-state index contributed by atoms with van der Waals surface area (Å²) in [6, 6.07) is 35.9. The molecule has 6 rings (SSSR count). The summed E-state index contributed by atoms with van der Waals surface area (Å²) in [5, 5.41) is 0. The summed E-state index contributed by atoms with van der Waals surface area (Å²) in [6.07, 6.45) is 39.5. The second-order valence-electron chi connectivity index (χ2n) is 19.8. The number of aryl methyl sites for hydroxylation is 4. The van der Waals surface area contributed by atoms with Crippen LogP contribution in [0.1, 0.15) is 226 Å². The predicted molar refractivity (Wildman–Crippen MR) is 292 cm³/mol. The average Bonchev–Trinajstić information content (AvgIpc) is 3.40. The molecule has 2 aromatic heterocycles. The number of ether oxygens (including phenoxy) is 1. The Balaban J connectivity index is 1.26. The molecule has 0 spiro atoms. The van der Waals surface area contributed by atoms with Crippen LogP contribution in [0, 0.1) is 0 Å². The van der Waals surface area contributed by atoms with Crippen LogP contribution in [0.2, 0.25) is 0 Å². The molecule has 69 heavy (non-hydrogen) atoms. The van der Waals surface area contributed by atoms with E-state index in [0.29, 0.717) is 0 Å². The minimum absolute atomic E-state index is 0.492. The Morgan fingerprint density at radius 1 is 0.304 bits per heavy atom. The molecule has 0 fully saturated rings. The third-order valence-corrected chi connectivity index (χ3v) is 14.0. The van der Waals surface area contributed by atoms with E-state index in [2.05, 4.69) is 125 Å². The lowest BCUT2D eigenvalue weighted by Crippen LogP contribution is -2.16. The van der Waals surface area contributed by atoms with Gasteiger partial charge in [-0.2, -0.15) is 0 Å². The van der Waals surface area contributed by atoms with E-state index in [9.17, 15) is 0 Å². The van der Waals surface area contributed by atoms with Gasteiger partial charge in [0.15, 0.2) is 0 Å². The van der Waals surface area contributed by atoms with E-state index in [1.54, 1.807) is 0 Å². The van der Waals surface area contributed by atoms with Crippen molar-refractivity contribution in [2.24, 2.45) is 0 Å². The fraction of sp³-hybridized carbons (Fsp3) is 0.500. The predicted octanol–water partition coefficient (Wildman–Crippen LogP) is 18.3. The molecular weight excluding hydrogens is 841 g/mol. The molecule has 0 aliphatic heterocycles. The second-order valence-corrected chi connectivity index (χ2v) is 19.8. The van der Waals surface area contributed by atoms with E-state index in [-0.39, 0.29) is 0 Å². The largest absolute Gasteiger partial charge is 0.353 e. The van der Waals surface area contributed by atoms with Gasteiger partial charge >= 0.3 is 0 Å². The fourth-order valence-corrected chi connectivity index (χ4v) is 9.51. The molecule has 2 unspecified atom stereocenters. The van der Waals surface area contributed by atoms with E-state index < -0.39 is 12.2 Å². The minimum atomic E-state index is -0.492. The van der Waals surface area contributed by atoms with Crippen LogP contribution in [0.3, 0.4) is 0 Å². The third-order valence-electron chi connectivity index (χ3n) is 14.0. The van der Waals surface area contributed by atoms with Gasteiger partial charge in [0.05, 0.1) is 47.6 Å². The molecule has 6 aromatic rings. The maximum atomic E-state index is 7.39. The third kappa shape index (κ3) is 18.4. The quantitative estimate of drug-likeness (QED) is 0.0377.